The zero-order valence-electron chi connectivity index (χ0n) is 30.1. The summed E-state index contributed by atoms with van der Waals surface area (Å²) in [5, 5.41) is 3.14. The fourth-order valence-electron chi connectivity index (χ4n) is 5.75. The average Bonchev–Trinajstić information content (AvgIpc) is 3.20. The standard InChI is InChI=1S/C22H16N2O2S2.C20H10F6N2S2/c1-13(25)15-3-5-17-19(11-15)23-9-7-21(17)27-28-22-8-10-24-20-12-16(14(2)26)4-6-18(20)22;21-19(22,23)11-1-3-13-15(9-11)27-7-5-17(13)29-30-18-6-8-28-16-10-12(20(24,25)26)2-4-14(16)18/h3-12H,1-2H3;1-10H. The number of alkyl halides is 6. The van der Waals surface area contributed by atoms with Gasteiger partial charge in [-0.15, -0.1) is 0 Å². The van der Waals surface area contributed by atoms with Crippen LogP contribution in [-0.4, -0.2) is 31.5 Å². The minimum atomic E-state index is -4.46. The lowest BCUT2D eigenvalue weighted by atomic mass is 10.1. The molecule has 8 rings (SSSR count). The Morgan fingerprint density at radius 3 is 0.966 bits per heavy atom. The second-order valence-electron chi connectivity index (χ2n) is 12.6. The number of Topliss-reactive ketones (excluding diaryl/α,β-unsaturated/α-hetero) is 2. The Morgan fingerprint density at radius 2 is 0.690 bits per heavy atom. The van der Waals surface area contributed by atoms with Gasteiger partial charge in [0.2, 0.25) is 0 Å². The second-order valence-corrected chi connectivity index (χ2v) is 17.0. The number of carbonyl (C=O) groups is 2. The molecule has 4 aromatic carbocycles. The maximum atomic E-state index is 12.9. The van der Waals surface area contributed by atoms with Crippen molar-refractivity contribution in [1.82, 2.24) is 19.9 Å². The second kappa shape index (κ2) is 17.0. The summed E-state index contributed by atoms with van der Waals surface area (Å²) in [6.07, 6.45) is -2.55. The molecule has 0 aliphatic carbocycles. The van der Waals surface area contributed by atoms with Crippen LogP contribution in [0.3, 0.4) is 0 Å². The molecule has 58 heavy (non-hydrogen) atoms. The van der Waals surface area contributed by atoms with E-state index in [9.17, 15) is 35.9 Å². The van der Waals surface area contributed by atoms with E-state index in [4.69, 9.17) is 0 Å². The third-order valence-corrected chi connectivity index (χ3v) is 13.7. The van der Waals surface area contributed by atoms with Gasteiger partial charge in [-0.1, -0.05) is 79.6 Å². The third kappa shape index (κ3) is 9.25. The zero-order chi connectivity index (χ0) is 41.2. The number of fused-ring (bicyclic) bond motifs is 4. The smallest absolute Gasteiger partial charge is 0.295 e. The van der Waals surface area contributed by atoms with Crippen LogP contribution < -0.4 is 0 Å². The molecule has 0 N–H and O–H groups in total. The van der Waals surface area contributed by atoms with Crippen LogP contribution in [0.15, 0.2) is 141 Å². The van der Waals surface area contributed by atoms with Crippen molar-refractivity contribution in [2.75, 3.05) is 0 Å². The number of benzene rings is 4. The first-order valence-electron chi connectivity index (χ1n) is 17.1. The number of hydrogen-bond acceptors (Lipinski definition) is 10. The summed E-state index contributed by atoms with van der Waals surface area (Å²) < 4.78 is 77.5. The number of halogens is 6. The lowest BCUT2D eigenvalue weighted by Crippen LogP contribution is -2.04. The van der Waals surface area contributed by atoms with E-state index in [1.54, 1.807) is 60.0 Å². The number of hydrogen-bond donors (Lipinski definition) is 0. The van der Waals surface area contributed by atoms with Gasteiger partial charge in [0.1, 0.15) is 0 Å². The van der Waals surface area contributed by atoms with Crippen molar-refractivity contribution in [3.8, 4) is 0 Å². The molecule has 0 unspecified atom stereocenters. The molecule has 0 saturated heterocycles. The van der Waals surface area contributed by atoms with Gasteiger partial charge in [-0.3, -0.25) is 29.5 Å². The number of ketones is 2. The monoisotopic (exact) mass is 860 g/mol. The number of pyridine rings is 4. The predicted molar refractivity (Wildman–Crippen MR) is 220 cm³/mol. The lowest BCUT2D eigenvalue weighted by molar-refractivity contribution is -0.138. The van der Waals surface area contributed by atoms with Gasteiger partial charge in [0.25, 0.3) is 0 Å². The summed E-state index contributed by atoms with van der Waals surface area (Å²) in [5.74, 6) is 0.0635. The first-order valence-corrected chi connectivity index (χ1v) is 21.4. The van der Waals surface area contributed by atoms with Gasteiger partial charge in [0.15, 0.2) is 11.6 Å². The van der Waals surface area contributed by atoms with Crippen molar-refractivity contribution in [2.45, 2.75) is 45.8 Å². The molecule has 0 radical (unpaired) electrons. The number of nitrogens with zero attached hydrogens (tertiary/aromatic N) is 4. The van der Waals surface area contributed by atoms with Crippen molar-refractivity contribution in [3.63, 3.8) is 0 Å². The van der Waals surface area contributed by atoms with Gasteiger partial charge in [-0.05, 0) is 74.5 Å². The molecule has 0 amide bonds. The van der Waals surface area contributed by atoms with E-state index in [2.05, 4.69) is 19.9 Å². The van der Waals surface area contributed by atoms with E-state index in [0.29, 0.717) is 31.7 Å². The lowest BCUT2D eigenvalue weighted by Gasteiger charge is -2.11. The Morgan fingerprint density at radius 1 is 0.414 bits per heavy atom. The van der Waals surface area contributed by atoms with Crippen LogP contribution in [0.2, 0.25) is 0 Å². The van der Waals surface area contributed by atoms with E-state index in [0.717, 1.165) is 55.9 Å². The molecule has 8 aromatic rings. The Labute approximate surface area is 342 Å². The summed E-state index contributed by atoms with van der Waals surface area (Å²) >= 11 is 0. The van der Waals surface area contributed by atoms with Crippen LogP contribution in [0.5, 0.6) is 0 Å². The minimum Gasteiger partial charge on any atom is -0.295 e. The molecule has 0 spiro atoms. The Bertz CT molecular complexity index is 2680. The molecule has 0 fully saturated rings. The Balaban J connectivity index is 0.000000177. The minimum absolute atomic E-state index is 0.0318. The van der Waals surface area contributed by atoms with Gasteiger partial charge in [0, 0.05) is 77.0 Å². The topological polar surface area (TPSA) is 85.7 Å². The van der Waals surface area contributed by atoms with Gasteiger partial charge in [0.05, 0.1) is 33.2 Å². The Hall–Kier alpha value is -5.16. The molecule has 16 heteroatoms. The number of rotatable bonds is 8. The normalized spacial score (nSPS) is 11.9. The van der Waals surface area contributed by atoms with Crippen molar-refractivity contribution in [2.24, 2.45) is 0 Å². The molecule has 6 nitrogen and oxygen atoms in total. The molecule has 0 aliphatic heterocycles. The average molecular weight is 861 g/mol. The molecular weight excluding hydrogens is 835 g/mol. The highest BCUT2D eigenvalue weighted by Crippen LogP contribution is 2.45. The maximum absolute atomic E-state index is 12.9. The highest BCUT2D eigenvalue weighted by Gasteiger charge is 2.31. The largest absolute Gasteiger partial charge is 0.416 e. The van der Waals surface area contributed by atoms with Crippen LogP contribution >= 0.6 is 43.2 Å². The van der Waals surface area contributed by atoms with Gasteiger partial charge in [-0.25, -0.2) is 0 Å². The molecule has 292 valence electrons. The first-order chi connectivity index (χ1) is 27.7. The molecule has 4 aromatic heterocycles. The Kier molecular flexibility index (Phi) is 12.0. The summed E-state index contributed by atoms with van der Waals surface area (Å²) in [4.78, 5) is 43.6. The zero-order valence-corrected chi connectivity index (χ0v) is 33.3. The fraction of sp³-hybridized carbons (Fsp3) is 0.0952. The summed E-state index contributed by atoms with van der Waals surface area (Å²) in [6, 6.07) is 25.3. The molecule has 0 aliphatic rings. The van der Waals surface area contributed by atoms with Crippen LogP contribution in [-0.2, 0) is 12.4 Å². The van der Waals surface area contributed by atoms with Crippen LogP contribution in [0, 0.1) is 0 Å². The quantitative estimate of drug-likeness (QED) is 0.0836. The molecular formula is C42H26F6N4O2S4. The highest BCUT2D eigenvalue weighted by molar-refractivity contribution is 8.77. The molecule has 0 bridgehead atoms. The maximum Gasteiger partial charge on any atom is 0.416 e. The predicted octanol–water partition coefficient (Wildman–Crippen LogP) is 13.6. The molecule has 0 saturated carbocycles. The third-order valence-electron chi connectivity index (χ3n) is 8.72. The van der Waals surface area contributed by atoms with E-state index in [-0.39, 0.29) is 22.6 Å². The van der Waals surface area contributed by atoms with Crippen molar-refractivity contribution in [3.05, 3.63) is 144 Å². The van der Waals surface area contributed by atoms with Gasteiger partial charge >= 0.3 is 12.4 Å². The van der Waals surface area contributed by atoms with Gasteiger partial charge in [-0.2, -0.15) is 26.3 Å². The van der Waals surface area contributed by atoms with E-state index >= 15 is 0 Å². The van der Waals surface area contributed by atoms with Crippen molar-refractivity contribution >= 4 is 98.4 Å². The number of carbonyl (C=O) groups excluding carboxylic acids is 2. The van der Waals surface area contributed by atoms with Crippen molar-refractivity contribution in [1.29, 1.82) is 0 Å². The fourth-order valence-corrected chi connectivity index (χ4v) is 10.4. The van der Waals surface area contributed by atoms with E-state index in [1.165, 1.54) is 46.1 Å². The van der Waals surface area contributed by atoms with Crippen LogP contribution in [0.4, 0.5) is 26.3 Å². The highest BCUT2D eigenvalue weighted by atomic mass is 33.1. The van der Waals surface area contributed by atoms with Crippen LogP contribution in [0.1, 0.15) is 45.7 Å². The summed E-state index contributed by atoms with van der Waals surface area (Å²) in [5.41, 5.74) is 1.81. The van der Waals surface area contributed by atoms with Crippen molar-refractivity contribution < 1.29 is 35.9 Å². The van der Waals surface area contributed by atoms with E-state index in [1.807, 2.05) is 48.5 Å². The van der Waals surface area contributed by atoms with Crippen LogP contribution in [0.25, 0.3) is 43.6 Å². The molecule has 4 heterocycles. The van der Waals surface area contributed by atoms with Gasteiger partial charge < -0.3 is 0 Å². The SMILES string of the molecule is CC(=O)c1ccc2c(SSc3ccnc4cc(C(C)=O)ccc34)ccnc2c1.FC(F)(F)c1ccc2c(SSc3ccnc4cc(C(F)(F)F)ccc34)ccnc2c1. The summed E-state index contributed by atoms with van der Waals surface area (Å²) in [6.45, 7) is 3.11. The summed E-state index contributed by atoms with van der Waals surface area (Å²) in [7, 11) is 5.85. The van der Waals surface area contributed by atoms with E-state index < -0.39 is 23.5 Å². The molecule has 0 atom stereocenters. The number of aromatic nitrogens is 4. The first kappa shape index (κ1) is 41.0.